The standard InChI is InChI=1S/C19H18Cl3O2/c1-13(2)12-24-16-6-4-14(5-7-16)15-10-17(21)19(18(22)11-15)23-9-3-8-20/h4-7,10-11H,1-3,8-9,12H2. The maximum Gasteiger partial charge on any atom is 0.156 e. The maximum atomic E-state index is 6.30. The third-order valence-electron chi connectivity index (χ3n) is 3.15. The molecule has 24 heavy (non-hydrogen) atoms. The van der Waals surface area contributed by atoms with Gasteiger partial charge in [0.1, 0.15) is 12.4 Å². The fourth-order valence-corrected chi connectivity index (χ4v) is 2.73. The Hall–Kier alpha value is -1.35. The molecule has 2 aromatic carbocycles. The molecule has 0 aliphatic heterocycles. The molecule has 0 aliphatic rings. The zero-order valence-electron chi connectivity index (χ0n) is 13.2. The van der Waals surface area contributed by atoms with Crippen LogP contribution < -0.4 is 9.47 Å². The van der Waals surface area contributed by atoms with E-state index in [0.29, 0.717) is 34.9 Å². The Morgan fingerprint density at radius 3 is 2.12 bits per heavy atom. The van der Waals surface area contributed by atoms with E-state index in [9.17, 15) is 0 Å². The van der Waals surface area contributed by atoms with Gasteiger partial charge in [0.2, 0.25) is 0 Å². The molecule has 5 heteroatoms. The molecule has 2 aromatic rings. The predicted octanol–water partition coefficient (Wildman–Crippen LogP) is 6.44. The zero-order chi connectivity index (χ0) is 17.5. The van der Waals surface area contributed by atoms with Crippen molar-refractivity contribution in [3.8, 4) is 22.6 Å². The molecule has 2 nitrogen and oxygen atoms in total. The van der Waals surface area contributed by atoms with Gasteiger partial charge in [0.25, 0.3) is 0 Å². The molecule has 0 atom stereocenters. The van der Waals surface area contributed by atoms with Crippen LogP contribution in [0.25, 0.3) is 11.1 Å². The van der Waals surface area contributed by atoms with Crippen molar-refractivity contribution in [2.75, 3.05) is 19.1 Å². The predicted molar refractivity (Wildman–Crippen MR) is 103 cm³/mol. The number of alkyl halides is 1. The van der Waals surface area contributed by atoms with Crippen LogP contribution in [-0.2, 0) is 0 Å². The average Bonchev–Trinajstić information content (AvgIpc) is 2.56. The summed E-state index contributed by atoms with van der Waals surface area (Å²) in [5.74, 6) is 1.77. The molecule has 0 aromatic heterocycles. The quantitative estimate of drug-likeness (QED) is 0.385. The van der Waals surface area contributed by atoms with Crippen molar-refractivity contribution in [1.82, 2.24) is 0 Å². The van der Waals surface area contributed by atoms with E-state index in [1.54, 1.807) is 0 Å². The summed E-state index contributed by atoms with van der Waals surface area (Å²) in [7, 11) is 0. The van der Waals surface area contributed by atoms with Crippen molar-refractivity contribution < 1.29 is 9.47 Å². The van der Waals surface area contributed by atoms with Crippen LogP contribution in [0.2, 0.25) is 10.0 Å². The molecule has 0 fully saturated rings. The smallest absolute Gasteiger partial charge is 0.156 e. The molecular weight excluding hydrogens is 367 g/mol. The van der Waals surface area contributed by atoms with Crippen LogP contribution in [0.3, 0.4) is 0 Å². The first-order valence-electron chi connectivity index (χ1n) is 7.42. The first-order chi connectivity index (χ1) is 11.5. The number of rotatable bonds is 8. The minimum atomic E-state index is 0.394. The lowest BCUT2D eigenvalue weighted by molar-refractivity contribution is 0.319. The van der Waals surface area contributed by atoms with Gasteiger partial charge in [-0.1, -0.05) is 41.9 Å². The Morgan fingerprint density at radius 1 is 0.958 bits per heavy atom. The highest BCUT2D eigenvalue weighted by Crippen LogP contribution is 2.38. The second-order valence-electron chi connectivity index (χ2n) is 5.22. The van der Waals surface area contributed by atoms with E-state index < -0.39 is 0 Å². The minimum Gasteiger partial charge on any atom is -0.490 e. The Bertz CT molecular complexity index is 673. The summed E-state index contributed by atoms with van der Waals surface area (Å²) >= 11 is 18.2. The van der Waals surface area contributed by atoms with Gasteiger partial charge in [0.15, 0.2) is 5.75 Å². The fourth-order valence-electron chi connectivity index (χ4n) is 2.02. The topological polar surface area (TPSA) is 18.5 Å². The van der Waals surface area contributed by atoms with Crippen LogP contribution in [0, 0.1) is 6.92 Å². The van der Waals surface area contributed by atoms with Gasteiger partial charge in [-0.05, 0) is 54.3 Å². The molecule has 0 N–H and O–H groups in total. The molecule has 0 unspecified atom stereocenters. The van der Waals surface area contributed by atoms with E-state index in [1.807, 2.05) is 36.4 Å². The second-order valence-corrected chi connectivity index (χ2v) is 6.42. The van der Waals surface area contributed by atoms with Gasteiger partial charge in [-0.3, -0.25) is 0 Å². The Labute approximate surface area is 157 Å². The van der Waals surface area contributed by atoms with Crippen molar-refractivity contribution in [2.24, 2.45) is 0 Å². The fraction of sp³-hybridized carbons (Fsp3) is 0.211. The van der Waals surface area contributed by atoms with Gasteiger partial charge < -0.3 is 9.47 Å². The van der Waals surface area contributed by atoms with E-state index in [4.69, 9.17) is 44.3 Å². The maximum absolute atomic E-state index is 6.30. The summed E-state index contributed by atoms with van der Waals surface area (Å²) in [5, 5.41) is 0.946. The van der Waals surface area contributed by atoms with Crippen LogP contribution >= 0.6 is 34.8 Å². The molecule has 127 valence electrons. The van der Waals surface area contributed by atoms with Crippen molar-refractivity contribution in [3.05, 3.63) is 65.5 Å². The summed E-state index contributed by atoms with van der Waals surface area (Å²) in [6.07, 6.45) is 0.733. The summed E-state index contributed by atoms with van der Waals surface area (Å²) in [4.78, 5) is 0. The van der Waals surface area contributed by atoms with Gasteiger partial charge in [-0.15, -0.1) is 11.6 Å². The molecule has 2 rings (SSSR count). The number of ether oxygens (including phenoxy) is 2. The van der Waals surface area contributed by atoms with Crippen molar-refractivity contribution in [3.63, 3.8) is 0 Å². The molecule has 0 heterocycles. The molecule has 0 aliphatic carbocycles. The summed E-state index contributed by atoms with van der Waals surface area (Å²) in [6.45, 7) is 8.28. The molecule has 0 bridgehead atoms. The van der Waals surface area contributed by atoms with E-state index in [0.717, 1.165) is 28.9 Å². The number of hydrogen-bond donors (Lipinski definition) is 0. The summed E-state index contributed by atoms with van der Waals surface area (Å²) in [6, 6.07) is 11.3. The lowest BCUT2D eigenvalue weighted by Gasteiger charge is -2.12. The van der Waals surface area contributed by atoms with E-state index in [-0.39, 0.29) is 0 Å². The lowest BCUT2D eigenvalue weighted by Crippen LogP contribution is -1.99. The average molecular weight is 385 g/mol. The highest BCUT2D eigenvalue weighted by atomic mass is 35.5. The highest BCUT2D eigenvalue weighted by Gasteiger charge is 2.11. The van der Waals surface area contributed by atoms with Crippen molar-refractivity contribution >= 4 is 34.8 Å². The van der Waals surface area contributed by atoms with Gasteiger partial charge in [0.05, 0.1) is 16.7 Å². The third kappa shape index (κ3) is 5.34. The zero-order valence-corrected chi connectivity index (χ0v) is 15.4. The Balaban J connectivity index is 2.15. The number of hydrogen-bond acceptors (Lipinski definition) is 2. The van der Waals surface area contributed by atoms with E-state index in [1.165, 1.54) is 0 Å². The van der Waals surface area contributed by atoms with Gasteiger partial charge in [-0.2, -0.15) is 0 Å². The van der Waals surface area contributed by atoms with Gasteiger partial charge >= 0.3 is 0 Å². The van der Waals surface area contributed by atoms with Crippen LogP contribution in [-0.4, -0.2) is 19.1 Å². The van der Waals surface area contributed by atoms with Crippen LogP contribution in [0.4, 0.5) is 0 Å². The lowest BCUT2D eigenvalue weighted by atomic mass is 10.1. The first kappa shape index (κ1) is 19.0. The van der Waals surface area contributed by atoms with Crippen molar-refractivity contribution in [1.29, 1.82) is 0 Å². The molecular formula is C19H18Cl3O2. The minimum absolute atomic E-state index is 0.394. The van der Waals surface area contributed by atoms with Crippen LogP contribution in [0.5, 0.6) is 11.5 Å². The molecule has 1 radical (unpaired) electrons. The largest absolute Gasteiger partial charge is 0.490 e. The summed E-state index contributed by atoms with van der Waals surface area (Å²) < 4.78 is 11.1. The molecule has 0 saturated heterocycles. The summed E-state index contributed by atoms with van der Waals surface area (Å²) in [5.41, 5.74) is 2.61. The molecule has 0 spiro atoms. The van der Waals surface area contributed by atoms with Crippen molar-refractivity contribution in [2.45, 2.75) is 6.42 Å². The number of benzene rings is 2. The van der Waals surface area contributed by atoms with Crippen LogP contribution in [0.15, 0.2) is 48.6 Å². The van der Waals surface area contributed by atoms with E-state index in [2.05, 4.69) is 13.5 Å². The number of halogens is 3. The SMILES string of the molecule is [CH2]C(=C)COc1ccc(-c2cc(Cl)c(OCCCCl)c(Cl)c2)cc1. The van der Waals surface area contributed by atoms with Gasteiger partial charge in [-0.25, -0.2) is 0 Å². The normalized spacial score (nSPS) is 10.5. The third-order valence-corrected chi connectivity index (χ3v) is 3.98. The first-order valence-corrected chi connectivity index (χ1v) is 8.71. The van der Waals surface area contributed by atoms with E-state index >= 15 is 0 Å². The highest BCUT2D eigenvalue weighted by molar-refractivity contribution is 6.37. The Morgan fingerprint density at radius 2 is 1.58 bits per heavy atom. The van der Waals surface area contributed by atoms with Gasteiger partial charge in [0, 0.05) is 5.88 Å². The monoisotopic (exact) mass is 383 g/mol. The Kier molecular flexibility index (Phi) is 7.29. The molecule has 0 amide bonds. The van der Waals surface area contributed by atoms with Crippen LogP contribution in [0.1, 0.15) is 6.42 Å². The second kappa shape index (κ2) is 9.22. The molecule has 0 saturated carbocycles.